The molecule has 0 spiro atoms. The van der Waals surface area contributed by atoms with Gasteiger partial charge in [-0.3, -0.25) is 4.90 Å². The summed E-state index contributed by atoms with van der Waals surface area (Å²) in [5.41, 5.74) is 1.12. The number of rotatable bonds is 8. The fraction of sp³-hybridized carbons (Fsp3) is 0.500. The lowest BCUT2D eigenvalue weighted by Gasteiger charge is -2.37. The van der Waals surface area contributed by atoms with Crippen LogP contribution >= 0.6 is 11.3 Å². The van der Waals surface area contributed by atoms with Gasteiger partial charge in [0.1, 0.15) is 17.4 Å². The maximum Gasteiger partial charge on any atom is 0.250 e. The van der Waals surface area contributed by atoms with Crippen molar-refractivity contribution >= 4 is 27.0 Å². The van der Waals surface area contributed by atoms with Crippen LogP contribution in [0, 0.1) is 0 Å². The van der Waals surface area contributed by atoms with Gasteiger partial charge in [0.15, 0.2) is 11.5 Å². The minimum Gasteiger partial charge on any atom is -0.486 e. The smallest absolute Gasteiger partial charge is 0.250 e. The summed E-state index contributed by atoms with van der Waals surface area (Å²) in [7, 11) is -3.34. The summed E-state index contributed by atoms with van der Waals surface area (Å²) >= 11 is 1.24. The van der Waals surface area contributed by atoms with Crippen molar-refractivity contribution in [3.8, 4) is 11.5 Å². The van der Waals surface area contributed by atoms with Crippen molar-refractivity contribution in [1.82, 2.24) is 9.62 Å². The number of sulfonamides is 1. The van der Waals surface area contributed by atoms with Gasteiger partial charge in [-0.2, -0.15) is 0 Å². The molecule has 158 valence electrons. The predicted octanol–water partition coefficient (Wildman–Crippen LogP) is 2.40. The molecule has 2 aliphatic heterocycles. The highest BCUT2D eigenvalue weighted by atomic mass is 32.2. The second-order valence-corrected chi connectivity index (χ2v) is 10.1. The van der Waals surface area contributed by atoms with Gasteiger partial charge in [0.05, 0.1) is 5.69 Å². The zero-order valence-electron chi connectivity index (χ0n) is 16.4. The first kappa shape index (κ1) is 20.5. The topological polar surface area (TPSA) is 71.1 Å². The maximum atomic E-state index is 12.1. The third kappa shape index (κ3) is 5.03. The molecule has 2 aromatic rings. The van der Waals surface area contributed by atoms with Gasteiger partial charge in [-0.1, -0.05) is 12.1 Å². The van der Waals surface area contributed by atoms with Crippen molar-refractivity contribution < 1.29 is 17.9 Å². The van der Waals surface area contributed by atoms with Crippen LogP contribution in [-0.4, -0.2) is 65.8 Å². The number of nitrogens with zero attached hydrogens (tertiary/aromatic N) is 2. The minimum absolute atomic E-state index is 0.381. The van der Waals surface area contributed by atoms with Crippen molar-refractivity contribution in [1.29, 1.82) is 0 Å². The van der Waals surface area contributed by atoms with E-state index in [1.807, 2.05) is 12.1 Å². The molecule has 0 amide bonds. The summed E-state index contributed by atoms with van der Waals surface area (Å²) in [6, 6.07) is 9.47. The maximum absolute atomic E-state index is 12.1. The van der Waals surface area contributed by atoms with E-state index in [4.69, 9.17) is 9.47 Å². The Morgan fingerprint density at radius 3 is 2.62 bits per heavy atom. The summed E-state index contributed by atoms with van der Waals surface area (Å²) in [6.45, 7) is 6.55. The number of unbranched alkanes of at least 4 members (excludes halogenated alkanes) is 1. The lowest BCUT2D eigenvalue weighted by atomic mass is 10.2. The molecule has 9 heteroatoms. The van der Waals surface area contributed by atoms with E-state index in [-0.39, 0.29) is 0 Å². The molecule has 1 saturated heterocycles. The van der Waals surface area contributed by atoms with Crippen LogP contribution in [0.4, 0.5) is 5.69 Å². The number of hydrogen-bond donors (Lipinski definition) is 1. The summed E-state index contributed by atoms with van der Waals surface area (Å²) in [4.78, 5) is 4.80. The SMILES string of the molecule is O=S(=O)(NCCCCN1CCN(c2cccc3c2OCCO3)CC1)c1cccs1. The fourth-order valence-corrected chi connectivity index (χ4v) is 5.79. The van der Waals surface area contributed by atoms with Crippen LogP contribution in [0.5, 0.6) is 11.5 Å². The Bertz CT molecular complexity index is 894. The highest BCUT2D eigenvalue weighted by Crippen LogP contribution is 2.39. The van der Waals surface area contributed by atoms with Crippen molar-refractivity contribution in [3.63, 3.8) is 0 Å². The molecule has 0 radical (unpaired) electrons. The number of fused-ring (bicyclic) bond motifs is 1. The van der Waals surface area contributed by atoms with Gasteiger partial charge < -0.3 is 14.4 Å². The van der Waals surface area contributed by atoms with Crippen molar-refractivity contribution in [2.45, 2.75) is 17.1 Å². The molecule has 0 atom stereocenters. The highest BCUT2D eigenvalue weighted by molar-refractivity contribution is 7.91. The molecule has 1 aromatic heterocycles. The molecule has 29 heavy (non-hydrogen) atoms. The van der Waals surface area contributed by atoms with Gasteiger partial charge in [-0.15, -0.1) is 11.3 Å². The second-order valence-electron chi connectivity index (χ2n) is 7.17. The number of anilines is 1. The third-order valence-electron chi connectivity index (χ3n) is 5.21. The molecule has 0 unspecified atom stereocenters. The van der Waals surface area contributed by atoms with E-state index < -0.39 is 10.0 Å². The third-order valence-corrected chi connectivity index (χ3v) is 8.07. The van der Waals surface area contributed by atoms with Gasteiger partial charge in [0.25, 0.3) is 0 Å². The first-order valence-electron chi connectivity index (χ1n) is 10.0. The standard InChI is InChI=1S/C20H27N3O4S2/c24-29(25,19-7-4-16-28-19)21-8-1-2-9-22-10-12-23(13-11-22)17-5-3-6-18-20(17)27-15-14-26-18/h3-7,16,21H,1-2,8-15H2. The molecule has 0 bridgehead atoms. The van der Waals surface area contributed by atoms with Crippen LogP contribution in [0.2, 0.25) is 0 Å². The number of hydrogen-bond acceptors (Lipinski definition) is 7. The van der Waals surface area contributed by atoms with E-state index >= 15 is 0 Å². The van der Waals surface area contributed by atoms with Crippen LogP contribution in [-0.2, 0) is 10.0 Å². The number of benzene rings is 1. The lowest BCUT2D eigenvalue weighted by Crippen LogP contribution is -2.46. The van der Waals surface area contributed by atoms with Gasteiger partial charge >= 0.3 is 0 Å². The van der Waals surface area contributed by atoms with Crippen LogP contribution < -0.4 is 19.1 Å². The number of piperazine rings is 1. The lowest BCUT2D eigenvalue weighted by molar-refractivity contribution is 0.171. The molecule has 0 aliphatic carbocycles. The van der Waals surface area contributed by atoms with Gasteiger partial charge in [-0.25, -0.2) is 13.1 Å². The summed E-state index contributed by atoms with van der Waals surface area (Å²) < 4.78 is 38.8. The fourth-order valence-electron chi connectivity index (χ4n) is 3.67. The Balaban J connectivity index is 1.18. The zero-order valence-corrected chi connectivity index (χ0v) is 18.0. The minimum atomic E-state index is -3.34. The summed E-state index contributed by atoms with van der Waals surface area (Å²) in [5.74, 6) is 1.70. The molecule has 1 fully saturated rings. The average Bonchev–Trinajstić information content (AvgIpc) is 3.30. The normalized spacial score (nSPS) is 17.4. The second kappa shape index (κ2) is 9.34. The summed E-state index contributed by atoms with van der Waals surface area (Å²) in [6.07, 6.45) is 1.81. The molecule has 1 aromatic carbocycles. The van der Waals surface area contributed by atoms with Gasteiger partial charge in [0, 0.05) is 32.7 Å². The van der Waals surface area contributed by atoms with E-state index in [1.54, 1.807) is 17.5 Å². The van der Waals surface area contributed by atoms with Gasteiger partial charge in [-0.05, 0) is 43.0 Å². The van der Waals surface area contributed by atoms with E-state index in [1.165, 1.54) is 11.3 Å². The average molecular weight is 438 g/mol. The monoisotopic (exact) mass is 437 g/mol. The molecule has 3 heterocycles. The zero-order chi connectivity index (χ0) is 20.1. The Hall–Kier alpha value is -1.81. The van der Waals surface area contributed by atoms with E-state index in [0.717, 1.165) is 62.8 Å². The van der Waals surface area contributed by atoms with Crippen LogP contribution in [0.3, 0.4) is 0 Å². The molecular formula is C20H27N3O4S2. The molecule has 4 rings (SSSR count). The Morgan fingerprint density at radius 1 is 1.00 bits per heavy atom. The molecule has 2 aliphatic rings. The number of nitrogens with one attached hydrogen (secondary N) is 1. The van der Waals surface area contributed by atoms with E-state index in [9.17, 15) is 8.42 Å². The number of para-hydroxylation sites is 1. The highest BCUT2D eigenvalue weighted by Gasteiger charge is 2.23. The van der Waals surface area contributed by atoms with Gasteiger partial charge in [0.2, 0.25) is 10.0 Å². The Morgan fingerprint density at radius 2 is 1.83 bits per heavy atom. The van der Waals surface area contributed by atoms with E-state index in [0.29, 0.717) is 24.0 Å². The molecule has 1 N–H and O–H groups in total. The van der Waals surface area contributed by atoms with Crippen LogP contribution in [0.25, 0.3) is 0 Å². The molecule has 7 nitrogen and oxygen atoms in total. The summed E-state index contributed by atoms with van der Waals surface area (Å²) in [5, 5.41) is 1.78. The Labute approximate surface area is 176 Å². The van der Waals surface area contributed by atoms with Crippen molar-refractivity contribution in [2.24, 2.45) is 0 Å². The first-order valence-corrected chi connectivity index (χ1v) is 12.4. The van der Waals surface area contributed by atoms with E-state index in [2.05, 4.69) is 20.6 Å². The Kier molecular flexibility index (Phi) is 6.59. The molecular weight excluding hydrogens is 410 g/mol. The van der Waals surface area contributed by atoms with Crippen LogP contribution in [0.15, 0.2) is 39.9 Å². The first-order chi connectivity index (χ1) is 14.1. The van der Waals surface area contributed by atoms with Crippen molar-refractivity contribution in [2.75, 3.05) is 57.4 Å². The van der Waals surface area contributed by atoms with Crippen LogP contribution in [0.1, 0.15) is 12.8 Å². The van der Waals surface area contributed by atoms with Crippen molar-refractivity contribution in [3.05, 3.63) is 35.7 Å². The largest absolute Gasteiger partial charge is 0.486 e. The number of thiophene rings is 1. The predicted molar refractivity (Wildman–Crippen MR) is 115 cm³/mol. The molecule has 0 saturated carbocycles. The quantitative estimate of drug-likeness (QED) is 0.640. The number of ether oxygens (including phenoxy) is 2.